The summed E-state index contributed by atoms with van der Waals surface area (Å²) < 4.78 is 18.7. The molecule has 1 N–H and O–H groups in total. The lowest BCUT2D eigenvalue weighted by molar-refractivity contribution is 0.102. The molecule has 0 fully saturated rings. The lowest BCUT2D eigenvalue weighted by atomic mass is 10.2. The first kappa shape index (κ1) is 16.2. The van der Waals surface area contributed by atoms with Gasteiger partial charge in [0.2, 0.25) is 5.89 Å². The number of oxazole rings is 1. The van der Waals surface area contributed by atoms with E-state index in [0.717, 1.165) is 0 Å². The van der Waals surface area contributed by atoms with Gasteiger partial charge in [-0.3, -0.25) is 4.79 Å². The second-order valence-corrected chi connectivity index (χ2v) is 5.86. The highest BCUT2D eigenvalue weighted by molar-refractivity contribution is 6.33. The number of anilines is 1. The van der Waals surface area contributed by atoms with Crippen LogP contribution in [0.5, 0.6) is 0 Å². The van der Waals surface area contributed by atoms with Crippen LogP contribution in [0.4, 0.5) is 10.1 Å². The highest BCUT2D eigenvalue weighted by Crippen LogP contribution is 2.26. The summed E-state index contributed by atoms with van der Waals surface area (Å²) in [5, 5.41) is 2.88. The fourth-order valence-corrected chi connectivity index (χ4v) is 2.68. The second-order valence-electron chi connectivity index (χ2n) is 5.50. The van der Waals surface area contributed by atoms with E-state index >= 15 is 0 Å². The first-order valence-electron chi connectivity index (χ1n) is 7.68. The third-order valence-corrected chi connectivity index (χ3v) is 4.04. The Morgan fingerprint density at radius 1 is 1.12 bits per heavy atom. The molecule has 2 aromatic carbocycles. The largest absolute Gasteiger partial charge is 0.436 e. The topological polar surface area (TPSA) is 68.0 Å². The highest BCUT2D eigenvalue weighted by Gasteiger charge is 2.13. The number of nitrogens with zero attached hydrogens (tertiary/aromatic N) is 2. The standard InChI is InChI=1S/C19H11ClFN3O2/c20-17-14(2-1-9-22-17)18(25)23-13-7-8-16-15(10-13)24-19(26-16)11-3-5-12(21)6-4-11/h1-10H,(H,23,25). The number of pyridine rings is 1. The van der Waals surface area contributed by atoms with E-state index in [2.05, 4.69) is 15.3 Å². The normalized spacial score (nSPS) is 10.8. The van der Waals surface area contributed by atoms with Crippen LogP contribution >= 0.6 is 11.6 Å². The number of carbonyl (C=O) groups is 1. The summed E-state index contributed by atoms with van der Waals surface area (Å²) >= 11 is 5.94. The number of rotatable bonds is 3. The van der Waals surface area contributed by atoms with Gasteiger partial charge < -0.3 is 9.73 Å². The van der Waals surface area contributed by atoms with Crippen molar-refractivity contribution in [2.24, 2.45) is 0 Å². The van der Waals surface area contributed by atoms with E-state index in [1.807, 2.05) is 0 Å². The molecule has 0 radical (unpaired) electrons. The lowest BCUT2D eigenvalue weighted by Gasteiger charge is -2.05. The monoisotopic (exact) mass is 367 g/mol. The van der Waals surface area contributed by atoms with E-state index in [1.165, 1.54) is 18.3 Å². The summed E-state index contributed by atoms with van der Waals surface area (Å²) in [6, 6.07) is 14.2. The van der Waals surface area contributed by atoms with Crippen LogP contribution in [0.2, 0.25) is 5.15 Å². The van der Waals surface area contributed by atoms with Gasteiger partial charge in [0, 0.05) is 17.4 Å². The van der Waals surface area contributed by atoms with Crippen LogP contribution in [0.1, 0.15) is 10.4 Å². The van der Waals surface area contributed by atoms with Crippen molar-refractivity contribution in [1.29, 1.82) is 0 Å². The van der Waals surface area contributed by atoms with Crippen LogP contribution in [-0.2, 0) is 0 Å². The molecule has 0 aliphatic carbocycles. The van der Waals surface area contributed by atoms with Gasteiger partial charge in [-0.15, -0.1) is 0 Å². The van der Waals surface area contributed by atoms with Crippen molar-refractivity contribution in [2.75, 3.05) is 5.32 Å². The molecule has 4 rings (SSSR count). The maximum Gasteiger partial charge on any atom is 0.258 e. The van der Waals surface area contributed by atoms with Crippen molar-refractivity contribution < 1.29 is 13.6 Å². The maximum atomic E-state index is 13.0. The minimum atomic E-state index is -0.371. The zero-order chi connectivity index (χ0) is 18.1. The predicted molar refractivity (Wildman–Crippen MR) is 96.6 cm³/mol. The van der Waals surface area contributed by atoms with Crippen molar-refractivity contribution >= 4 is 34.3 Å². The number of fused-ring (bicyclic) bond motifs is 1. The van der Waals surface area contributed by atoms with E-state index in [1.54, 1.807) is 42.5 Å². The summed E-state index contributed by atoms with van der Waals surface area (Å²) in [6.45, 7) is 0. The van der Waals surface area contributed by atoms with Gasteiger partial charge in [-0.25, -0.2) is 14.4 Å². The summed E-state index contributed by atoms with van der Waals surface area (Å²) in [5.41, 5.74) is 2.61. The molecule has 0 atom stereocenters. The Hall–Kier alpha value is -3.25. The number of amides is 1. The fourth-order valence-electron chi connectivity index (χ4n) is 2.47. The number of halogens is 2. The summed E-state index contributed by atoms with van der Waals surface area (Å²) in [5.74, 6) is -0.326. The molecule has 0 unspecified atom stereocenters. The van der Waals surface area contributed by atoms with Crippen LogP contribution in [-0.4, -0.2) is 15.9 Å². The Morgan fingerprint density at radius 2 is 1.92 bits per heavy atom. The van der Waals surface area contributed by atoms with Crippen LogP contribution in [0.3, 0.4) is 0 Å². The van der Waals surface area contributed by atoms with Gasteiger partial charge in [-0.05, 0) is 54.6 Å². The molecule has 7 heteroatoms. The van der Waals surface area contributed by atoms with E-state index in [0.29, 0.717) is 28.2 Å². The Labute approximate surface area is 152 Å². The molecule has 2 aromatic heterocycles. The fraction of sp³-hybridized carbons (Fsp3) is 0. The SMILES string of the molecule is O=C(Nc1ccc2oc(-c3ccc(F)cc3)nc2c1)c1cccnc1Cl. The van der Waals surface area contributed by atoms with Gasteiger partial charge in [0.25, 0.3) is 5.91 Å². The molecule has 0 aliphatic heterocycles. The minimum absolute atomic E-state index is 0.131. The van der Waals surface area contributed by atoms with Gasteiger partial charge in [-0.1, -0.05) is 11.6 Å². The molecule has 26 heavy (non-hydrogen) atoms. The van der Waals surface area contributed by atoms with Crippen LogP contribution < -0.4 is 5.32 Å². The third-order valence-electron chi connectivity index (χ3n) is 3.74. The molecule has 2 heterocycles. The van der Waals surface area contributed by atoms with Crippen molar-refractivity contribution in [3.63, 3.8) is 0 Å². The van der Waals surface area contributed by atoms with Crippen LogP contribution in [0, 0.1) is 5.82 Å². The zero-order valence-electron chi connectivity index (χ0n) is 13.2. The maximum absolute atomic E-state index is 13.0. The van der Waals surface area contributed by atoms with E-state index < -0.39 is 0 Å². The Kier molecular flexibility index (Phi) is 4.10. The van der Waals surface area contributed by atoms with E-state index in [9.17, 15) is 9.18 Å². The van der Waals surface area contributed by atoms with Gasteiger partial charge in [-0.2, -0.15) is 0 Å². The molecule has 1 amide bonds. The van der Waals surface area contributed by atoms with Crippen LogP contribution in [0.25, 0.3) is 22.6 Å². The molecule has 0 saturated heterocycles. The van der Waals surface area contributed by atoms with Crippen molar-refractivity contribution in [3.05, 3.63) is 77.3 Å². The van der Waals surface area contributed by atoms with Crippen molar-refractivity contribution in [2.45, 2.75) is 0 Å². The first-order valence-corrected chi connectivity index (χ1v) is 8.06. The van der Waals surface area contributed by atoms with Crippen LogP contribution in [0.15, 0.2) is 65.2 Å². The molecule has 0 spiro atoms. The Morgan fingerprint density at radius 3 is 2.69 bits per heavy atom. The summed E-state index contributed by atoms with van der Waals surface area (Å²) in [7, 11) is 0. The minimum Gasteiger partial charge on any atom is -0.436 e. The quantitative estimate of drug-likeness (QED) is 0.521. The summed E-state index contributed by atoms with van der Waals surface area (Å²) in [4.78, 5) is 20.6. The Balaban J connectivity index is 1.62. The van der Waals surface area contributed by atoms with Crippen molar-refractivity contribution in [3.8, 4) is 11.5 Å². The van der Waals surface area contributed by atoms with E-state index in [4.69, 9.17) is 16.0 Å². The molecule has 5 nitrogen and oxygen atoms in total. The van der Waals surface area contributed by atoms with Gasteiger partial charge in [0.1, 0.15) is 16.5 Å². The van der Waals surface area contributed by atoms with Crippen molar-refractivity contribution in [1.82, 2.24) is 9.97 Å². The average molecular weight is 368 g/mol. The van der Waals surface area contributed by atoms with Gasteiger partial charge in [0.05, 0.1) is 5.56 Å². The number of carbonyl (C=O) groups excluding carboxylic acids is 1. The predicted octanol–water partition coefficient (Wildman–Crippen LogP) is 4.93. The molecule has 128 valence electrons. The summed E-state index contributed by atoms with van der Waals surface area (Å²) in [6.07, 6.45) is 1.51. The lowest BCUT2D eigenvalue weighted by Crippen LogP contribution is -2.12. The molecule has 0 bridgehead atoms. The molecular weight excluding hydrogens is 357 g/mol. The molecule has 0 aliphatic rings. The molecule has 0 saturated carbocycles. The molecule has 4 aromatic rings. The second kappa shape index (κ2) is 6.57. The number of hydrogen-bond donors (Lipinski definition) is 1. The average Bonchev–Trinajstić information content (AvgIpc) is 3.06. The smallest absolute Gasteiger partial charge is 0.258 e. The van der Waals surface area contributed by atoms with E-state index in [-0.39, 0.29) is 22.4 Å². The van der Waals surface area contributed by atoms with Gasteiger partial charge in [0.15, 0.2) is 5.58 Å². The zero-order valence-corrected chi connectivity index (χ0v) is 14.0. The number of aromatic nitrogens is 2. The van der Waals surface area contributed by atoms with Gasteiger partial charge >= 0.3 is 0 Å². The third kappa shape index (κ3) is 3.14. The number of nitrogens with one attached hydrogen (secondary N) is 1. The number of benzene rings is 2. The number of hydrogen-bond acceptors (Lipinski definition) is 4. The first-order chi connectivity index (χ1) is 12.6. The molecular formula is C19H11ClFN3O2. The Bertz CT molecular complexity index is 1110. The highest BCUT2D eigenvalue weighted by atomic mass is 35.5.